The molecule has 3 rings (SSSR count). The number of carbonyl (C=O) groups is 1. The fourth-order valence-corrected chi connectivity index (χ4v) is 2.42. The Hall–Kier alpha value is -2.89. The summed E-state index contributed by atoms with van der Waals surface area (Å²) in [6.45, 7) is 0. The Morgan fingerprint density at radius 3 is 2.65 bits per heavy atom. The van der Waals surface area contributed by atoms with Crippen LogP contribution in [0.15, 0.2) is 36.5 Å². The number of ether oxygens (including phenoxy) is 3. The molecular weight excluding hydrogens is 455 g/mol. The number of carbonyl (C=O) groups excluding carboxylic acids is 1. The molecule has 0 saturated carbocycles. The number of benzene rings is 1. The summed E-state index contributed by atoms with van der Waals surface area (Å²) >= 11 is 1.47. The van der Waals surface area contributed by atoms with Gasteiger partial charge in [0.1, 0.15) is 11.5 Å². The first-order chi connectivity index (χ1) is 12.7. The van der Waals surface area contributed by atoms with Gasteiger partial charge in [0.05, 0.1) is 14.2 Å². The van der Waals surface area contributed by atoms with Crippen LogP contribution in [0.2, 0.25) is 0 Å². The van der Waals surface area contributed by atoms with Gasteiger partial charge in [0, 0.05) is 29.5 Å². The molecule has 0 spiro atoms. The lowest BCUT2D eigenvalue weighted by Crippen LogP contribution is -2.01. The average Bonchev–Trinajstić information content (AvgIpc) is 3.15. The van der Waals surface area contributed by atoms with E-state index in [1.807, 2.05) is 12.1 Å². The van der Waals surface area contributed by atoms with E-state index < -0.39 is 5.97 Å². The van der Waals surface area contributed by atoms with Crippen LogP contribution in [0.25, 0.3) is 11.1 Å². The molecule has 0 aliphatic heterocycles. The van der Waals surface area contributed by atoms with Gasteiger partial charge >= 0.3 is 5.97 Å². The smallest absolute Gasteiger partial charge is 0.374 e. The third-order valence-corrected chi connectivity index (χ3v) is 3.83. The second kappa shape index (κ2) is 7.99. The van der Waals surface area contributed by atoms with E-state index in [-0.39, 0.29) is 11.6 Å². The quantitative estimate of drug-likeness (QED) is 0.550. The van der Waals surface area contributed by atoms with Crippen molar-refractivity contribution in [1.29, 1.82) is 0 Å². The van der Waals surface area contributed by atoms with Crippen molar-refractivity contribution in [3.05, 3.63) is 42.2 Å². The Bertz CT molecular complexity index is 913. The molecule has 0 amide bonds. The van der Waals surface area contributed by atoms with Gasteiger partial charge in [-0.1, -0.05) is 5.21 Å². The van der Waals surface area contributed by atoms with E-state index in [1.165, 1.54) is 23.0 Å². The summed E-state index contributed by atoms with van der Waals surface area (Å²) in [7, 11) is 3.11. The van der Waals surface area contributed by atoms with Crippen LogP contribution in [-0.4, -0.2) is 40.6 Å². The summed E-state index contributed by atoms with van der Waals surface area (Å²) in [4.78, 5) is 15.8. The molecule has 0 aliphatic rings. The van der Waals surface area contributed by atoms with E-state index in [2.05, 4.69) is 23.5 Å². The Morgan fingerprint density at radius 2 is 2.00 bits per heavy atom. The van der Waals surface area contributed by atoms with Gasteiger partial charge < -0.3 is 17.3 Å². The first kappa shape index (κ1) is 17.9. The van der Waals surface area contributed by atoms with E-state index in [4.69, 9.17) is 14.2 Å². The number of H-pyrrole nitrogens is 1. The number of methoxy groups -OCH3 is 2. The Morgan fingerprint density at radius 1 is 1.15 bits per heavy atom. The molecule has 0 saturated heterocycles. The fraction of sp³-hybridized carbons (Fsp3) is 0.125. The van der Waals surface area contributed by atoms with Crippen LogP contribution in [0.3, 0.4) is 0 Å². The normalized spacial score (nSPS) is 10.3. The number of aromatic amines is 1. The second-order valence-corrected chi connectivity index (χ2v) is 5.35. The molecule has 3 aromatic rings. The summed E-state index contributed by atoms with van der Waals surface area (Å²) in [5.41, 5.74) is 1.62. The molecule has 0 fully saturated rings. The third-order valence-electron chi connectivity index (χ3n) is 3.43. The summed E-state index contributed by atoms with van der Waals surface area (Å²) < 4.78 is 20.7. The molecule has 10 heteroatoms. The third kappa shape index (κ3) is 3.69. The highest BCUT2D eigenvalue weighted by atomic mass is 127. The summed E-state index contributed by atoms with van der Waals surface area (Å²) in [5.74, 6) is 0.935. The van der Waals surface area contributed by atoms with Crippen LogP contribution in [0.1, 0.15) is 10.5 Å². The molecule has 2 heterocycles. The largest absolute Gasteiger partial charge is 0.496 e. The first-order valence-corrected chi connectivity index (χ1v) is 8.14. The Labute approximate surface area is 162 Å². The molecule has 0 bridgehead atoms. The van der Waals surface area contributed by atoms with Crippen LogP contribution in [0.5, 0.6) is 23.3 Å². The Kier molecular flexibility index (Phi) is 5.51. The average molecular weight is 468 g/mol. The highest BCUT2D eigenvalue weighted by Gasteiger charge is 2.20. The van der Waals surface area contributed by atoms with Gasteiger partial charge in [-0.15, -0.1) is 5.10 Å². The van der Waals surface area contributed by atoms with Crippen LogP contribution in [0.4, 0.5) is 0 Å². The number of aromatic nitrogens is 4. The minimum absolute atomic E-state index is 0.0539. The number of nitrogens with one attached hydrogen (secondary N) is 1. The number of nitrogens with zero attached hydrogens (tertiary/aromatic N) is 3. The lowest BCUT2D eigenvalue weighted by molar-refractivity contribution is 0.0791. The van der Waals surface area contributed by atoms with Gasteiger partial charge in [-0.05, 0) is 18.2 Å². The van der Waals surface area contributed by atoms with E-state index in [0.29, 0.717) is 17.4 Å². The molecule has 0 atom stereocenters. The summed E-state index contributed by atoms with van der Waals surface area (Å²) in [6.07, 6.45) is 1.69. The van der Waals surface area contributed by atoms with Crippen molar-refractivity contribution in [1.82, 2.24) is 20.4 Å². The van der Waals surface area contributed by atoms with Crippen molar-refractivity contribution in [2.45, 2.75) is 0 Å². The highest BCUT2D eigenvalue weighted by Crippen LogP contribution is 2.35. The number of rotatable bonds is 6. The van der Waals surface area contributed by atoms with E-state index in [1.54, 1.807) is 38.6 Å². The van der Waals surface area contributed by atoms with Crippen LogP contribution in [-0.2, 0) is 3.07 Å². The zero-order valence-corrected chi connectivity index (χ0v) is 15.9. The maximum atomic E-state index is 11.6. The van der Waals surface area contributed by atoms with E-state index in [9.17, 15) is 4.79 Å². The number of hydrogen-bond donors (Lipinski definition) is 1. The summed E-state index contributed by atoms with van der Waals surface area (Å²) in [5, 5.41) is 9.72. The van der Waals surface area contributed by atoms with E-state index in [0.717, 1.165) is 11.1 Å². The molecule has 134 valence electrons. The molecule has 1 N–H and O–H groups in total. The zero-order chi connectivity index (χ0) is 18.5. The maximum Gasteiger partial charge on any atom is 0.374 e. The van der Waals surface area contributed by atoms with Crippen LogP contribution in [0, 0.1) is 0 Å². The fourth-order valence-electron chi connectivity index (χ4n) is 2.21. The topological polar surface area (TPSA) is 108 Å². The van der Waals surface area contributed by atoms with Crippen molar-refractivity contribution in [3.63, 3.8) is 0 Å². The highest BCUT2D eigenvalue weighted by molar-refractivity contribution is 14.1. The molecule has 0 radical (unpaired) electrons. The minimum Gasteiger partial charge on any atom is -0.496 e. The van der Waals surface area contributed by atoms with Crippen LogP contribution >= 0.6 is 23.0 Å². The van der Waals surface area contributed by atoms with Gasteiger partial charge in [-0.2, -0.15) is 0 Å². The van der Waals surface area contributed by atoms with E-state index >= 15 is 0 Å². The predicted octanol–water partition coefficient (Wildman–Crippen LogP) is 3.18. The van der Waals surface area contributed by atoms with Gasteiger partial charge in [0.25, 0.3) is 5.88 Å². The number of hydrogen-bond acceptors (Lipinski definition) is 8. The molecule has 2 aromatic heterocycles. The van der Waals surface area contributed by atoms with Crippen molar-refractivity contribution in [2.24, 2.45) is 0 Å². The summed E-state index contributed by atoms with van der Waals surface area (Å²) in [6, 6.07) is 8.86. The van der Waals surface area contributed by atoms with Gasteiger partial charge in [-0.3, -0.25) is 0 Å². The zero-order valence-electron chi connectivity index (χ0n) is 13.7. The monoisotopic (exact) mass is 468 g/mol. The number of pyridine rings is 1. The van der Waals surface area contributed by atoms with Crippen molar-refractivity contribution in [2.75, 3.05) is 14.2 Å². The maximum absolute atomic E-state index is 11.6. The second-order valence-electron chi connectivity index (χ2n) is 4.91. The van der Waals surface area contributed by atoms with Gasteiger partial charge in [-0.25, -0.2) is 14.9 Å². The molecule has 26 heavy (non-hydrogen) atoms. The van der Waals surface area contributed by atoms with Crippen molar-refractivity contribution in [3.8, 4) is 34.4 Å². The van der Waals surface area contributed by atoms with Gasteiger partial charge in [0.2, 0.25) is 11.6 Å². The molecule has 1 aromatic carbocycles. The molecule has 0 aliphatic carbocycles. The Balaban J connectivity index is 1.89. The van der Waals surface area contributed by atoms with Gasteiger partial charge in [0.15, 0.2) is 23.0 Å². The minimum atomic E-state index is -0.665. The van der Waals surface area contributed by atoms with Crippen LogP contribution < -0.4 is 14.2 Å². The molecule has 0 unspecified atom stereocenters. The predicted molar refractivity (Wildman–Crippen MR) is 98.7 cm³/mol. The molecular formula is C16H13IN4O5. The first-order valence-electron chi connectivity index (χ1n) is 7.26. The molecule has 9 nitrogen and oxygen atoms in total. The lowest BCUT2D eigenvalue weighted by atomic mass is 10.1. The number of halogens is 1. The lowest BCUT2D eigenvalue weighted by Gasteiger charge is -2.11. The SMILES string of the molecule is COc1ccc(-c2ccc(Oc3[nH]nnc3C(=O)OI)cc2OC)cn1. The van der Waals surface area contributed by atoms with Crippen molar-refractivity contribution >= 4 is 29.0 Å². The van der Waals surface area contributed by atoms with Crippen molar-refractivity contribution < 1.29 is 22.1 Å². The standard InChI is InChI=1S/C16H13IN4O5/c1-23-12-7-10(25-15-14(16(22)26-17)19-21-20-15)4-5-11(12)9-3-6-13(24-2)18-8-9/h3-8H,1-2H3,(H,19,20,21).